The molecule has 0 amide bonds. The Bertz CT molecular complexity index is 403. The van der Waals surface area contributed by atoms with E-state index in [1.54, 1.807) is 12.1 Å². The van der Waals surface area contributed by atoms with Gasteiger partial charge in [0.2, 0.25) is 0 Å². The Balaban J connectivity index is 2.65. The summed E-state index contributed by atoms with van der Waals surface area (Å²) in [6.07, 6.45) is 4.91. The number of halogens is 2. The lowest BCUT2D eigenvalue weighted by Crippen LogP contribution is -2.08. The number of unbranched alkanes of at least 4 members (excludes halogenated alkanes) is 1. The molecule has 0 bridgehead atoms. The van der Waals surface area contributed by atoms with E-state index in [0.717, 1.165) is 25.7 Å². The van der Waals surface area contributed by atoms with Crippen molar-refractivity contribution in [2.24, 2.45) is 5.92 Å². The SMILES string of the molecule is CCCCC(CC)CC(=O)c1ccc(Br)c(F)c1. The lowest BCUT2D eigenvalue weighted by Gasteiger charge is -2.13. The number of carbonyl (C=O) groups is 1. The monoisotopic (exact) mass is 314 g/mol. The molecule has 0 fully saturated rings. The lowest BCUT2D eigenvalue weighted by atomic mass is 9.91. The van der Waals surface area contributed by atoms with Crippen LogP contribution >= 0.6 is 15.9 Å². The van der Waals surface area contributed by atoms with Gasteiger partial charge in [0, 0.05) is 12.0 Å². The van der Waals surface area contributed by atoms with Gasteiger partial charge in [0.05, 0.1) is 4.47 Å². The van der Waals surface area contributed by atoms with Gasteiger partial charge in [0.1, 0.15) is 5.82 Å². The van der Waals surface area contributed by atoms with Crippen molar-refractivity contribution in [2.45, 2.75) is 46.0 Å². The van der Waals surface area contributed by atoms with Gasteiger partial charge in [-0.3, -0.25) is 4.79 Å². The topological polar surface area (TPSA) is 17.1 Å². The molecule has 0 N–H and O–H groups in total. The van der Waals surface area contributed by atoms with E-state index in [4.69, 9.17) is 0 Å². The molecule has 0 heterocycles. The minimum absolute atomic E-state index is 0.0457. The van der Waals surface area contributed by atoms with Gasteiger partial charge >= 0.3 is 0 Å². The van der Waals surface area contributed by atoms with Gasteiger partial charge in [-0.25, -0.2) is 4.39 Å². The zero-order valence-corrected chi connectivity index (χ0v) is 12.6. The molecular weight excluding hydrogens is 295 g/mol. The van der Waals surface area contributed by atoms with E-state index < -0.39 is 0 Å². The lowest BCUT2D eigenvalue weighted by molar-refractivity contribution is 0.0956. The number of hydrogen-bond donors (Lipinski definition) is 0. The molecule has 1 unspecified atom stereocenters. The molecule has 0 aliphatic carbocycles. The van der Waals surface area contributed by atoms with Crippen molar-refractivity contribution >= 4 is 21.7 Å². The zero-order valence-electron chi connectivity index (χ0n) is 11.0. The molecule has 0 radical (unpaired) electrons. The van der Waals surface area contributed by atoms with E-state index in [0.29, 0.717) is 22.4 Å². The van der Waals surface area contributed by atoms with Crippen LogP contribution in [0.15, 0.2) is 22.7 Å². The molecule has 0 saturated heterocycles. The van der Waals surface area contributed by atoms with Crippen LogP contribution in [0.2, 0.25) is 0 Å². The summed E-state index contributed by atoms with van der Waals surface area (Å²) in [6.45, 7) is 4.26. The van der Waals surface area contributed by atoms with Crippen LogP contribution in [-0.2, 0) is 0 Å². The first kappa shape index (κ1) is 15.4. The quantitative estimate of drug-likeness (QED) is 0.618. The summed E-state index contributed by atoms with van der Waals surface area (Å²) in [5.74, 6) is 0.0935. The molecule has 1 nitrogen and oxygen atoms in total. The first-order valence-electron chi connectivity index (χ1n) is 6.56. The molecule has 100 valence electrons. The van der Waals surface area contributed by atoms with Crippen LogP contribution in [0.5, 0.6) is 0 Å². The summed E-state index contributed by atoms with van der Waals surface area (Å²) in [4.78, 5) is 12.1. The number of rotatable bonds is 7. The van der Waals surface area contributed by atoms with E-state index in [9.17, 15) is 9.18 Å². The van der Waals surface area contributed by atoms with Gasteiger partial charge in [-0.2, -0.15) is 0 Å². The van der Waals surface area contributed by atoms with Crippen molar-refractivity contribution < 1.29 is 9.18 Å². The highest BCUT2D eigenvalue weighted by atomic mass is 79.9. The largest absolute Gasteiger partial charge is 0.294 e. The van der Waals surface area contributed by atoms with Crippen LogP contribution in [0.1, 0.15) is 56.3 Å². The molecule has 1 atom stereocenters. The third kappa shape index (κ3) is 4.52. The number of Topliss-reactive ketones (excluding diaryl/α,β-unsaturated/α-hetero) is 1. The number of hydrogen-bond acceptors (Lipinski definition) is 1. The first-order valence-corrected chi connectivity index (χ1v) is 7.36. The van der Waals surface area contributed by atoms with Gasteiger partial charge in [-0.15, -0.1) is 0 Å². The Kier molecular flexibility index (Phi) is 6.55. The normalized spacial score (nSPS) is 12.4. The van der Waals surface area contributed by atoms with Crippen molar-refractivity contribution in [1.29, 1.82) is 0 Å². The highest BCUT2D eigenvalue weighted by Gasteiger charge is 2.14. The second-order valence-electron chi connectivity index (χ2n) is 4.67. The van der Waals surface area contributed by atoms with Crippen molar-refractivity contribution in [2.75, 3.05) is 0 Å². The van der Waals surface area contributed by atoms with Gasteiger partial charge in [0.25, 0.3) is 0 Å². The average Bonchev–Trinajstić information content (AvgIpc) is 2.37. The zero-order chi connectivity index (χ0) is 13.5. The van der Waals surface area contributed by atoms with Gasteiger partial charge in [-0.05, 0) is 34.0 Å². The molecule has 0 aromatic heterocycles. The fourth-order valence-corrected chi connectivity index (χ4v) is 2.24. The van der Waals surface area contributed by atoms with Crippen LogP contribution in [0.4, 0.5) is 4.39 Å². The molecule has 3 heteroatoms. The highest BCUT2D eigenvalue weighted by Crippen LogP contribution is 2.22. The van der Waals surface area contributed by atoms with Crippen LogP contribution in [0, 0.1) is 11.7 Å². The maximum Gasteiger partial charge on any atom is 0.163 e. The number of carbonyl (C=O) groups excluding carboxylic acids is 1. The van der Waals surface area contributed by atoms with E-state index in [1.807, 2.05) is 0 Å². The van der Waals surface area contributed by atoms with Gasteiger partial charge < -0.3 is 0 Å². The fourth-order valence-electron chi connectivity index (χ4n) is 1.99. The van der Waals surface area contributed by atoms with Crippen molar-refractivity contribution in [3.63, 3.8) is 0 Å². The molecule has 1 rings (SSSR count). The Morgan fingerprint density at radius 1 is 1.39 bits per heavy atom. The Morgan fingerprint density at radius 3 is 2.67 bits per heavy atom. The van der Waals surface area contributed by atoms with E-state index in [1.165, 1.54) is 6.07 Å². The summed E-state index contributed by atoms with van der Waals surface area (Å²) in [5, 5.41) is 0. The maximum absolute atomic E-state index is 13.4. The fraction of sp³-hybridized carbons (Fsp3) is 0.533. The van der Waals surface area contributed by atoms with Gasteiger partial charge in [0.15, 0.2) is 5.78 Å². The van der Waals surface area contributed by atoms with E-state index in [2.05, 4.69) is 29.8 Å². The third-order valence-corrected chi connectivity index (χ3v) is 3.90. The summed E-state index contributed by atoms with van der Waals surface area (Å²) in [6, 6.07) is 4.59. The maximum atomic E-state index is 13.4. The molecule has 0 aliphatic rings. The average molecular weight is 315 g/mol. The number of ketones is 1. The molecule has 1 aromatic rings. The molecule has 18 heavy (non-hydrogen) atoms. The third-order valence-electron chi connectivity index (χ3n) is 3.26. The number of benzene rings is 1. The molecular formula is C15H20BrFO. The second-order valence-corrected chi connectivity index (χ2v) is 5.53. The van der Waals surface area contributed by atoms with E-state index in [-0.39, 0.29) is 11.6 Å². The summed E-state index contributed by atoms with van der Waals surface area (Å²) in [7, 11) is 0. The summed E-state index contributed by atoms with van der Waals surface area (Å²) >= 11 is 3.09. The Labute approximate surface area is 117 Å². The van der Waals surface area contributed by atoms with Crippen LogP contribution < -0.4 is 0 Å². The predicted octanol–water partition coefficient (Wildman–Crippen LogP) is 5.38. The van der Waals surface area contributed by atoms with Crippen molar-refractivity contribution in [3.8, 4) is 0 Å². The van der Waals surface area contributed by atoms with Crippen molar-refractivity contribution in [1.82, 2.24) is 0 Å². The standard InChI is InChI=1S/C15H20BrFO/c1-3-5-6-11(4-2)9-15(18)12-7-8-13(16)14(17)10-12/h7-8,10-11H,3-6,9H2,1-2H3. The summed E-state index contributed by atoms with van der Waals surface area (Å²) < 4.78 is 13.8. The highest BCUT2D eigenvalue weighted by molar-refractivity contribution is 9.10. The molecule has 0 spiro atoms. The molecule has 0 aliphatic heterocycles. The molecule has 1 aromatic carbocycles. The summed E-state index contributed by atoms with van der Waals surface area (Å²) in [5.41, 5.74) is 0.477. The predicted molar refractivity (Wildman–Crippen MR) is 76.4 cm³/mol. The Morgan fingerprint density at radius 2 is 2.11 bits per heavy atom. The van der Waals surface area contributed by atoms with Crippen LogP contribution in [0.25, 0.3) is 0 Å². The minimum Gasteiger partial charge on any atom is -0.294 e. The van der Waals surface area contributed by atoms with Crippen LogP contribution in [-0.4, -0.2) is 5.78 Å². The van der Waals surface area contributed by atoms with Crippen LogP contribution in [0.3, 0.4) is 0 Å². The van der Waals surface area contributed by atoms with E-state index >= 15 is 0 Å². The Hall–Kier alpha value is -0.700. The van der Waals surface area contributed by atoms with Crippen molar-refractivity contribution in [3.05, 3.63) is 34.1 Å². The second kappa shape index (κ2) is 7.67. The molecule has 0 saturated carbocycles. The minimum atomic E-state index is -0.373. The van der Waals surface area contributed by atoms with Gasteiger partial charge in [-0.1, -0.05) is 45.6 Å². The smallest absolute Gasteiger partial charge is 0.163 e. The first-order chi connectivity index (χ1) is 8.58.